The van der Waals surface area contributed by atoms with Crippen molar-refractivity contribution in [3.05, 3.63) is 47.9 Å². The van der Waals surface area contributed by atoms with Gasteiger partial charge in [0, 0.05) is 84.9 Å². The highest BCUT2D eigenvalue weighted by atomic mass is 28.3. The van der Waals surface area contributed by atoms with Gasteiger partial charge in [0.15, 0.2) is 11.5 Å². The van der Waals surface area contributed by atoms with Crippen molar-refractivity contribution in [3.8, 4) is 22.6 Å². The van der Waals surface area contributed by atoms with E-state index >= 15 is 0 Å². The Labute approximate surface area is 383 Å². The number of halogens is 1. The summed E-state index contributed by atoms with van der Waals surface area (Å²) >= 11 is 0. The molecule has 0 radical (unpaired) electrons. The Morgan fingerprint density at radius 2 is 1.39 bits per heavy atom. The first-order chi connectivity index (χ1) is 30.0. The Bertz CT molecular complexity index is 2190. The SMILES string of the molecule is CC(C)(C)OC(=O)N1[C@@H]2CC[C@H]1CC(c1nc3c(-c4ccc(-c5nc(F)cn5COCC[Si](C)(C)C)nc4)cnn3c(N(COCC[Si](C)(C)C)COCC[Si](C)(C)C)c1C1CC1)C2. The monoisotopic (exact) mass is 935 g/mol. The summed E-state index contributed by atoms with van der Waals surface area (Å²) in [6.07, 6.45) is 10.6. The Morgan fingerprint density at radius 1 is 0.797 bits per heavy atom. The van der Waals surface area contributed by atoms with Crippen molar-refractivity contribution in [2.45, 2.75) is 173 Å². The average Bonchev–Trinajstić information content (AvgIpc) is 3.74. The molecule has 2 saturated heterocycles. The molecule has 0 spiro atoms. The van der Waals surface area contributed by atoms with Gasteiger partial charge in [-0.05, 0) is 89.4 Å². The van der Waals surface area contributed by atoms with Crippen LogP contribution in [0.2, 0.25) is 77.1 Å². The molecule has 1 aliphatic carbocycles. The predicted octanol–water partition coefficient (Wildman–Crippen LogP) is 11.1. The highest BCUT2D eigenvalue weighted by molar-refractivity contribution is 6.76. The summed E-state index contributed by atoms with van der Waals surface area (Å²) in [7, 11) is -3.95. The van der Waals surface area contributed by atoms with E-state index in [2.05, 4.69) is 68.8 Å². The van der Waals surface area contributed by atoms with E-state index in [1.807, 2.05) is 54.7 Å². The van der Waals surface area contributed by atoms with E-state index in [4.69, 9.17) is 34.0 Å². The molecule has 3 atom stereocenters. The summed E-state index contributed by atoms with van der Waals surface area (Å²) in [5.41, 5.74) is 4.75. The quantitative estimate of drug-likeness (QED) is 0.0481. The van der Waals surface area contributed by atoms with Crippen LogP contribution in [0.15, 0.2) is 30.7 Å². The van der Waals surface area contributed by atoms with Crippen molar-refractivity contribution in [1.82, 2.24) is 34.0 Å². The summed E-state index contributed by atoms with van der Waals surface area (Å²) in [5, 5.41) is 5.11. The number of nitrogens with zero attached hydrogens (tertiary/aromatic N) is 8. The van der Waals surface area contributed by atoms with Gasteiger partial charge in [-0.1, -0.05) is 65.0 Å². The summed E-state index contributed by atoms with van der Waals surface area (Å²) in [6.45, 7) is 29.9. The molecular formula is C47H75FN8O5Si3. The van der Waals surface area contributed by atoms with E-state index in [0.717, 1.165) is 84.9 Å². The molecule has 1 unspecified atom stereocenters. The van der Waals surface area contributed by atoms with Crippen molar-refractivity contribution in [3.63, 3.8) is 0 Å². The normalized spacial score (nSPS) is 19.5. The van der Waals surface area contributed by atoms with Crippen LogP contribution in [-0.2, 0) is 25.7 Å². The lowest BCUT2D eigenvalue weighted by molar-refractivity contribution is 0.00565. The minimum absolute atomic E-state index is 0.0855. The Kier molecular flexibility index (Phi) is 14.7. The van der Waals surface area contributed by atoms with Crippen molar-refractivity contribution < 1.29 is 28.1 Å². The van der Waals surface area contributed by atoms with Crippen LogP contribution in [0.5, 0.6) is 0 Å². The first kappa shape index (κ1) is 48.4. The maximum atomic E-state index is 14.6. The molecule has 1 saturated carbocycles. The second-order valence-corrected chi connectivity index (χ2v) is 40.0. The van der Waals surface area contributed by atoms with Crippen LogP contribution in [0.4, 0.5) is 15.0 Å². The van der Waals surface area contributed by atoms with Crippen LogP contribution in [0.1, 0.15) is 82.4 Å². The number of carbonyl (C=O) groups excluding carboxylic acids is 1. The van der Waals surface area contributed by atoms with Crippen LogP contribution < -0.4 is 4.90 Å². The van der Waals surface area contributed by atoms with E-state index in [1.165, 1.54) is 11.8 Å². The second-order valence-electron chi connectivity index (χ2n) is 23.1. The molecule has 64 heavy (non-hydrogen) atoms. The third-order valence-electron chi connectivity index (χ3n) is 12.5. The van der Waals surface area contributed by atoms with Crippen LogP contribution in [0.3, 0.4) is 0 Å². The molecule has 3 fully saturated rings. The zero-order valence-corrected chi connectivity index (χ0v) is 43.8. The van der Waals surface area contributed by atoms with Gasteiger partial charge in [0.05, 0.1) is 18.1 Å². The Balaban J connectivity index is 1.28. The van der Waals surface area contributed by atoms with Crippen LogP contribution in [0, 0.1) is 5.95 Å². The third kappa shape index (κ3) is 12.5. The molecule has 3 aliphatic rings. The van der Waals surface area contributed by atoms with Crippen molar-refractivity contribution in [2.24, 2.45) is 0 Å². The summed E-state index contributed by atoms with van der Waals surface area (Å²) in [4.78, 5) is 32.6. The molecular weight excluding hydrogens is 860 g/mol. The first-order valence-electron chi connectivity index (χ1n) is 23.6. The van der Waals surface area contributed by atoms with Gasteiger partial charge in [-0.2, -0.15) is 19.0 Å². The number of aromatic nitrogens is 6. The molecule has 17 heteroatoms. The molecule has 352 valence electrons. The van der Waals surface area contributed by atoms with Crippen LogP contribution in [-0.4, -0.2) is 115 Å². The minimum atomic E-state index is -1.33. The first-order valence-corrected chi connectivity index (χ1v) is 34.8. The number of ether oxygens (including phenoxy) is 4. The fourth-order valence-electron chi connectivity index (χ4n) is 8.78. The molecule has 7 rings (SSSR count). The van der Waals surface area contributed by atoms with Crippen molar-refractivity contribution in [1.29, 1.82) is 0 Å². The van der Waals surface area contributed by atoms with E-state index in [0.29, 0.717) is 50.7 Å². The number of carbonyl (C=O) groups is 1. The van der Waals surface area contributed by atoms with Gasteiger partial charge in [0.2, 0.25) is 5.95 Å². The Morgan fingerprint density at radius 3 is 1.92 bits per heavy atom. The average molecular weight is 935 g/mol. The third-order valence-corrected chi connectivity index (χ3v) is 17.6. The largest absolute Gasteiger partial charge is 0.444 e. The summed E-state index contributed by atoms with van der Waals surface area (Å²) in [5.74, 6) is 1.31. The maximum Gasteiger partial charge on any atom is 0.410 e. The van der Waals surface area contributed by atoms with E-state index in [-0.39, 0.29) is 30.8 Å². The highest BCUT2D eigenvalue weighted by Gasteiger charge is 2.47. The molecule has 4 aromatic rings. The van der Waals surface area contributed by atoms with Gasteiger partial charge in [0.25, 0.3) is 0 Å². The second kappa shape index (κ2) is 19.4. The van der Waals surface area contributed by atoms with Crippen molar-refractivity contribution >= 4 is 41.8 Å². The molecule has 4 aromatic heterocycles. The molecule has 2 aliphatic heterocycles. The Hall–Kier alpha value is -3.49. The smallest absolute Gasteiger partial charge is 0.410 e. The van der Waals surface area contributed by atoms with Gasteiger partial charge < -0.3 is 33.3 Å². The van der Waals surface area contributed by atoms with Crippen LogP contribution in [0.25, 0.3) is 28.3 Å². The number of anilines is 1. The summed E-state index contributed by atoms with van der Waals surface area (Å²) in [6, 6.07) is 7.20. The van der Waals surface area contributed by atoms with E-state index in [1.54, 1.807) is 4.57 Å². The number of amides is 1. The number of imidazole rings is 1. The number of rotatable bonds is 20. The van der Waals surface area contributed by atoms with Gasteiger partial charge in [-0.15, -0.1) is 0 Å². The zero-order chi connectivity index (χ0) is 46.2. The van der Waals surface area contributed by atoms with Gasteiger partial charge >= 0.3 is 6.09 Å². The lowest BCUT2D eigenvalue weighted by Crippen LogP contribution is -2.48. The van der Waals surface area contributed by atoms with Gasteiger partial charge in [0.1, 0.15) is 37.3 Å². The maximum absolute atomic E-state index is 14.6. The fourth-order valence-corrected chi connectivity index (χ4v) is 11.1. The highest BCUT2D eigenvalue weighted by Crippen LogP contribution is 2.52. The fraction of sp³-hybridized carbons (Fsp3) is 0.681. The van der Waals surface area contributed by atoms with E-state index in [9.17, 15) is 9.18 Å². The molecule has 1 amide bonds. The number of pyridine rings is 1. The van der Waals surface area contributed by atoms with Gasteiger partial charge in [-0.3, -0.25) is 4.98 Å². The molecule has 0 aromatic carbocycles. The molecule has 0 N–H and O–H groups in total. The predicted molar refractivity (Wildman–Crippen MR) is 261 cm³/mol. The molecule has 2 bridgehead atoms. The van der Waals surface area contributed by atoms with Crippen LogP contribution >= 0.6 is 0 Å². The standard InChI is InChI=1S/C47H75FN8O5Si3/c1-47(2,3)61-46(57)55-36-16-17-37(55)26-35(25-36)42-41(33-13-14-33)45(54(31-59-20-23-63(7,8)9)32-60-21-24-64(10,11)12)56-43(52-42)38(28-50-56)34-15-18-39(49-27-34)44-51-40(48)29-53(44)30-58-19-22-62(4,5)6/h15,18,27-29,33,35-37H,13-14,16-17,19-26,30-32H2,1-12H3/t35?,36-,37+. The van der Waals surface area contributed by atoms with E-state index < -0.39 is 35.8 Å². The van der Waals surface area contributed by atoms with Gasteiger partial charge in [-0.25, -0.2) is 9.78 Å². The number of fused-ring (bicyclic) bond motifs is 3. The topological polar surface area (TPSA) is 121 Å². The lowest BCUT2D eigenvalue weighted by atomic mass is 9.85. The lowest BCUT2D eigenvalue weighted by Gasteiger charge is -2.40. The molecule has 13 nitrogen and oxygen atoms in total. The summed E-state index contributed by atoms with van der Waals surface area (Å²) < 4.78 is 43.4. The van der Waals surface area contributed by atoms with Crippen molar-refractivity contribution in [2.75, 3.05) is 38.2 Å². The minimum Gasteiger partial charge on any atom is -0.444 e. The number of hydrogen-bond donors (Lipinski definition) is 0. The zero-order valence-electron chi connectivity index (χ0n) is 40.8. The number of piperidine rings is 1. The molecule has 6 heterocycles. The number of hydrogen-bond acceptors (Lipinski definition) is 10.